The molecular formula is C8H10N2O3. The summed E-state index contributed by atoms with van der Waals surface area (Å²) in [5.74, 6) is -0.241. The highest BCUT2D eigenvalue weighted by Gasteiger charge is 2.20. The third-order valence-electron chi connectivity index (χ3n) is 2.01. The molecule has 1 aromatic carbocycles. The monoisotopic (exact) mass is 182 g/mol. The summed E-state index contributed by atoms with van der Waals surface area (Å²) in [7, 11) is 0. The molecule has 0 fully saturated rings. The molecule has 0 spiro atoms. The molecule has 0 unspecified atom stereocenters. The maximum Gasteiger partial charge on any atom is 0.299 e. The van der Waals surface area contributed by atoms with E-state index in [1.165, 1.54) is 6.07 Å². The first-order valence-electron chi connectivity index (χ1n) is 3.68. The fourth-order valence-corrected chi connectivity index (χ4v) is 1.14. The van der Waals surface area contributed by atoms with E-state index in [1.54, 1.807) is 13.8 Å². The molecule has 0 saturated heterocycles. The van der Waals surface area contributed by atoms with Crippen molar-refractivity contribution in [3.05, 3.63) is 27.3 Å². The number of hydrogen-bond donors (Lipinski definition) is 2. The molecule has 0 heterocycles. The van der Waals surface area contributed by atoms with E-state index in [0.29, 0.717) is 11.1 Å². The lowest BCUT2D eigenvalue weighted by molar-refractivity contribution is -0.384. The lowest BCUT2D eigenvalue weighted by Crippen LogP contribution is -2.00. The van der Waals surface area contributed by atoms with Gasteiger partial charge in [-0.3, -0.25) is 10.1 Å². The number of nitrogens with zero attached hydrogens (tertiary/aromatic N) is 1. The molecule has 0 radical (unpaired) electrons. The van der Waals surface area contributed by atoms with Gasteiger partial charge in [0.05, 0.1) is 4.92 Å². The van der Waals surface area contributed by atoms with Crippen LogP contribution in [0.2, 0.25) is 0 Å². The molecule has 0 aliphatic carbocycles. The predicted molar refractivity (Wildman–Crippen MR) is 48.6 cm³/mol. The van der Waals surface area contributed by atoms with Gasteiger partial charge in [0.2, 0.25) is 0 Å². The van der Waals surface area contributed by atoms with Crippen LogP contribution in [0.15, 0.2) is 6.07 Å². The summed E-state index contributed by atoms with van der Waals surface area (Å²) in [4.78, 5) is 9.98. The van der Waals surface area contributed by atoms with Gasteiger partial charge in [-0.05, 0) is 25.5 Å². The quantitative estimate of drug-likeness (QED) is 0.298. The fourth-order valence-electron chi connectivity index (χ4n) is 1.14. The molecule has 0 aliphatic heterocycles. The Balaban J connectivity index is 3.56. The number of aromatic hydroxyl groups is 1. The summed E-state index contributed by atoms with van der Waals surface area (Å²) < 4.78 is 0. The van der Waals surface area contributed by atoms with Crippen LogP contribution in [-0.4, -0.2) is 10.0 Å². The lowest BCUT2D eigenvalue weighted by atomic mass is 10.1. The first kappa shape index (κ1) is 9.31. The molecule has 3 N–H and O–H groups in total. The predicted octanol–water partition coefficient (Wildman–Crippen LogP) is 1.50. The molecule has 0 bridgehead atoms. The van der Waals surface area contributed by atoms with E-state index >= 15 is 0 Å². The van der Waals surface area contributed by atoms with Gasteiger partial charge in [0, 0.05) is 5.56 Å². The SMILES string of the molecule is Cc1cc(O)c(N)c([N+](=O)[O-])c1C. The molecule has 0 aliphatic rings. The highest BCUT2D eigenvalue weighted by Crippen LogP contribution is 2.35. The largest absolute Gasteiger partial charge is 0.506 e. The van der Waals surface area contributed by atoms with Gasteiger partial charge in [-0.2, -0.15) is 0 Å². The molecule has 1 aromatic rings. The number of phenols is 1. The van der Waals surface area contributed by atoms with Gasteiger partial charge in [0.1, 0.15) is 5.75 Å². The number of phenolic OH excluding ortho intramolecular Hbond substituents is 1. The van der Waals surface area contributed by atoms with Crippen LogP contribution in [0.25, 0.3) is 0 Å². The molecule has 5 heteroatoms. The van der Waals surface area contributed by atoms with Crippen molar-refractivity contribution in [3.63, 3.8) is 0 Å². The van der Waals surface area contributed by atoms with Gasteiger partial charge in [-0.25, -0.2) is 0 Å². The highest BCUT2D eigenvalue weighted by atomic mass is 16.6. The van der Waals surface area contributed by atoms with E-state index in [9.17, 15) is 15.2 Å². The molecule has 5 nitrogen and oxygen atoms in total. The van der Waals surface area contributed by atoms with Crippen LogP contribution in [0, 0.1) is 24.0 Å². The topological polar surface area (TPSA) is 89.4 Å². The second kappa shape index (κ2) is 2.93. The van der Waals surface area contributed by atoms with Crippen molar-refractivity contribution in [1.82, 2.24) is 0 Å². The number of nitrogens with two attached hydrogens (primary N) is 1. The number of aryl methyl sites for hydroxylation is 1. The van der Waals surface area contributed by atoms with Crippen LogP contribution >= 0.6 is 0 Å². The van der Waals surface area contributed by atoms with Crippen molar-refractivity contribution in [3.8, 4) is 5.75 Å². The van der Waals surface area contributed by atoms with E-state index in [1.807, 2.05) is 0 Å². The summed E-state index contributed by atoms with van der Waals surface area (Å²) in [5, 5.41) is 19.8. The summed E-state index contributed by atoms with van der Waals surface area (Å²) in [5.41, 5.74) is 6.12. The summed E-state index contributed by atoms with van der Waals surface area (Å²) in [6.45, 7) is 3.28. The number of anilines is 1. The Bertz CT molecular complexity index is 348. The highest BCUT2D eigenvalue weighted by molar-refractivity contribution is 5.71. The maximum absolute atomic E-state index is 10.6. The number of nitro benzene ring substituents is 1. The van der Waals surface area contributed by atoms with E-state index < -0.39 is 4.92 Å². The minimum Gasteiger partial charge on any atom is -0.506 e. The van der Waals surface area contributed by atoms with Crippen molar-refractivity contribution in [2.75, 3.05) is 5.73 Å². The average Bonchev–Trinajstić information content (AvgIpc) is 2.01. The Labute approximate surface area is 74.9 Å². The number of nitrogen functional groups attached to an aromatic ring is 1. The lowest BCUT2D eigenvalue weighted by Gasteiger charge is -2.05. The molecule has 0 saturated carbocycles. The van der Waals surface area contributed by atoms with Crippen molar-refractivity contribution in [1.29, 1.82) is 0 Å². The van der Waals surface area contributed by atoms with Gasteiger partial charge in [0.25, 0.3) is 5.69 Å². The average molecular weight is 182 g/mol. The zero-order valence-electron chi connectivity index (χ0n) is 7.37. The maximum atomic E-state index is 10.6. The van der Waals surface area contributed by atoms with Crippen LogP contribution in [0.4, 0.5) is 11.4 Å². The van der Waals surface area contributed by atoms with Gasteiger partial charge < -0.3 is 10.8 Å². The van der Waals surface area contributed by atoms with Gasteiger partial charge in [-0.15, -0.1) is 0 Å². The number of hydrogen-bond acceptors (Lipinski definition) is 4. The summed E-state index contributed by atoms with van der Waals surface area (Å²) >= 11 is 0. The normalized spacial score (nSPS) is 10.0. The molecule has 0 aromatic heterocycles. The van der Waals surface area contributed by atoms with Crippen LogP contribution in [0.1, 0.15) is 11.1 Å². The minimum atomic E-state index is -0.586. The van der Waals surface area contributed by atoms with Gasteiger partial charge >= 0.3 is 0 Å². The van der Waals surface area contributed by atoms with Crippen LogP contribution < -0.4 is 5.73 Å². The van der Waals surface area contributed by atoms with Crippen LogP contribution in [-0.2, 0) is 0 Å². The third-order valence-corrected chi connectivity index (χ3v) is 2.01. The van der Waals surface area contributed by atoms with E-state index in [-0.39, 0.29) is 17.1 Å². The number of benzene rings is 1. The number of nitro groups is 1. The van der Waals surface area contributed by atoms with Gasteiger partial charge in [0.15, 0.2) is 5.69 Å². The Kier molecular flexibility index (Phi) is 2.10. The molecule has 13 heavy (non-hydrogen) atoms. The zero-order valence-corrected chi connectivity index (χ0v) is 7.37. The molecule has 1 rings (SSSR count). The van der Waals surface area contributed by atoms with Crippen LogP contribution in [0.3, 0.4) is 0 Å². The number of rotatable bonds is 1. The Morgan fingerprint density at radius 3 is 2.54 bits per heavy atom. The van der Waals surface area contributed by atoms with E-state index in [0.717, 1.165) is 0 Å². The summed E-state index contributed by atoms with van der Waals surface area (Å²) in [6, 6.07) is 1.41. The van der Waals surface area contributed by atoms with Gasteiger partial charge in [-0.1, -0.05) is 0 Å². The second-order valence-corrected chi connectivity index (χ2v) is 2.86. The molecule has 70 valence electrons. The van der Waals surface area contributed by atoms with Crippen molar-refractivity contribution >= 4 is 11.4 Å². The minimum absolute atomic E-state index is 0.173. The first-order valence-corrected chi connectivity index (χ1v) is 3.68. The van der Waals surface area contributed by atoms with Crippen LogP contribution in [0.5, 0.6) is 5.75 Å². The van der Waals surface area contributed by atoms with E-state index in [2.05, 4.69) is 0 Å². The van der Waals surface area contributed by atoms with E-state index in [4.69, 9.17) is 5.73 Å². The van der Waals surface area contributed by atoms with Crippen molar-refractivity contribution < 1.29 is 10.0 Å². The Hall–Kier alpha value is -1.78. The second-order valence-electron chi connectivity index (χ2n) is 2.86. The Morgan fingerprint density at radius 2 is 2.08 bits per heavy atom. The summed E-state index contributed by atoms with van der Waals surface area (Å²) in [6.07, 6.45) is 0. The fraction of sp³-hybridized carbons (Fsp3) is 0.250. The first-order chi connectivity index (χ1) is 5.95. The smallest absolute Gasteiger partial charge is 0.299 e. The molecule has 0 atom stereocenters. The van der Waals surface area contributed by atoms with Crippen molar-refractivity contribution in [2.24, 2.45) is 0 Å². The third kappa shape index (κ3) is 1.40. The molecular weight excluding hydrogens is 172 g/mol. The molecule has 0 amide bonds. The Morgan fingerprint density at radius 1 is 1.54 bits per heavy atom. The zero-order chi connectivity index (χ0) is 10.2. The standard InChI is InChI=1S/C8H10N2O3/c1-4-3-6(11)7(9)8(5(4)2)10(12)13/h3,11H,9H2,1-2H3. The van der Waals surface area contributed by atoms with Crippen molar-refractivity contribution in [2.45, 2.75) is 13.8 Å².